The fourth-order valence-corrected chi connectivity index (χ4v) is 4.15. The fraction of sp³-hybridized carbons (Fsp3) is 0.476. The van der Waals surface area contributed by atoms with Crippen molar-refractivity contribution in [1.29, 1.82) is 0 Å². The number of aromatic amines is 1. The van der Waals surface area contributed by atoms with Gasteiger partial charge in [-0.15, -0.1) is 0 Å². The quantitative estimate of drug-likeness (QED) is 0.512. The smallest absolute Gasteiger partial charge is 0.329 e. The average molecular weight is 448 g/mol. The summed E-state index contributed by atoms with van der Waals surface area (Å²) in [5.41, 5.74) is -0.570. The second-order valence-electron chi connectivity index (χ2n) is 7.91. The van der Waals surface area contributed by atoms with E-state index >= 15 is 0 Å². The molecule has 3 N–H and O–H groups in total. The summed E-state index contributed by atoms with van der Waals surface area (Å²) in [6, 6.07) is 7.25. The Morgan fingerprint density at radius 3 is 2.77 bits per heavy atom. The summed E-state index contributed by atoms with van der Waals surface area (Å²) in [5, 5.41) is 14.5. The van der Waals surface area contributed by atoms with Crippen LogP contribution in [-0.4, -0.2) is 43.0 Å². The van der Waals surface area contributed by atoms with E-state index in [1.807, 2.05) is 0 Å². The monoisotopic (exact) mass is 447 g/mol. The molecule has 1 aromatic carbocycles. The van der Waals surface area contributed by atoms with E-state index in [-0.39, 0.29) is 30.4 Å². The lowest BCUT2D eigenvalue weighted by molar-refractivity contribution is 0.0938. The summed E-state index contributed by atoms with van der Waals surface area (Å²) in [6.45, 7) is 0.0488. The van der Waals surface area contributed by atoms with Crippen molar-refractivity contribution in [3.63, 3.8) is 0 Å². The molecule has 0 unspecified atom stereocenters. The first-order chi connectivity index (χ1) is 14.9. The minimum Gasteiger partial charge on any atom is -0.489 e. The third-order valence-corrected chi connectivity index (χ3v) is 5.92. The number of anilines is 1. The van der Waals surface area contributed by atoms with Crippen molar-refractivity contribution in [2.24, 2.45) is 7.05 Å². The van der Waals surface area contributed by atoms with Gasteiger partial charge in [-0.1, -0.05) is 43.0 Å². The van der Waals surface area contributed by atoms with Crippen molar-refractivity contribution >= 4 is 28.7 Å². The van der Waals surface area contributed by atoms with Crippen LogP contribution in [0, 0.1) is 0 Å². The van der Waals surface area contributed by atoms with E-state index in [9.17, 15) is 14.7 Å². The molecule has 1 fully saturated rings. The minimum atomic E-state index is -0.933. The van der Waals surface area contributed by atoms with Crippen LogP contribution in [0.25, 0.3) is 11.2 Å². The molecule has 0 amide bonds. The van der Waals surface area contributed by atoms with Gasteiger partial charge < -0.3 is 19.7 Å². The number of benzene rings is 1. The van der Waals surface area contributed by atoms with Gasteiger partial charge in [0.25, 0.3) is 5.56 Å². The van der Waals surface area contributed by atoms with Gasteiger partial charge in [-0.05, 0) is 25.0 Å². The van der Waals surface area contributed by atoms with Gasteiger partial charge in [0, 0.05) is 13.1 Å². The summed E-state index contributed by atoms with van der Waals surface area (Å²) in [6.07, 6.45) is 4.56. The molecule has 0 spiro atoms. The number of nitrogens with one attached hydrogen (secondary N) is 2. The molecule has 9 nitrogen and oxygen atoms in total. The van der Waals surface area contributed by atoms with Crippen LogP contribution in [0.15, 0.2) is 33.9 Å². The van der Waals surface area contributed by atoms with Crippen LogP contribution in [0.1, 0.15) is 32.1 Å². The zero-order valence-corrected chi connectivity index (χ0v) is 18.1. The van der Waals surface area contributed by atoms with Crippen LogP contribution >= 0.6 is 11.6 Å². The number of para-hydroxylation sites is 1. The zero-order valence-electron chi connectivity index (χ0n) is 17.3. The number of aliphatic hydroxyl groups is 1. The van der Waals surface area contributed by atoms with E-state index in [0.29, 0.717) is 16.7 Å². The van der Waals surface area contributed by atoms with E-state index in [4.69, 9.17) is 16.3 Å². The number of rotatable bonds is 7. The van der Waals surface area contributed by atoms with Crippen molar-refractivity contribution in [3.8, 4) is 5.75 Å². The van der Waals surface area contributed by atoms with Crippen LogP contribution in [0.4, 0.5) is 5.95 Å². The zero-order chi connectivity index (χ0) is 22.0. The number of aryl methyl sites for hydroxylation is 1. The largest absolute Gasteiger partial charge is 0.489 e. The van der Waals surface area contributed by atoms with Crippen LogP contribution in [0.3, 0.4) is 0 Å². The Bertz CT molecular complexity index is 1180. The maximum atomic E-state index is 12.6. The number of H-pyrrole nitrogens is 1. The molecule has 3 aromatic rings. The molecule has 10 heteroatoms. The Labute approximate surface area is 183 Å². The normalized spacial score (nSPS) is 15.8. The number of aromatic nitrogens is 4. The maximum Gasteiger partial charge on any atom is 0.329 e. The topological polar surface area (TPSA) is 114 Å². The van der Waals surface area contributed by atoms with E-state index in [2.05, 4.69) is 15.3 Å². The summed E-state index contributed by atoms with van der Waals surface area (Å²) >= 11 is 6.11. The highest BCUT2D eigenvalue weighted by atomic mass is 35.5. The van der Waals surface area contributed by atoms with Gasteiger partial charge in [0.2, 0.25) is 5.95 Å². The maximum absolute atomic E-state index is 12.6. The SMILES string of the molecule is Cn1c(=O)[nH]c(=O)c2c1nc(NC1CCCCC1)n2C[C@@H](O)COc1ccccc1Cl. The second-order valence-corrected chi connectivity index (χ2v) is 8.32. The molecule has 166 valence electrons. The Kier molecular flexibility index (Phi) is 6.33. The van der Waals surface area contributed by atoms with E-state index < -0.39 is 17.4 Å². The third kappa shape index (κ3) is 4.62. The van der Waals surface area contributed by atoms with Gasteiger partial charge >= 0.3 is 5.69 Å². The van der Waals surface area contributed by atoms with E-state index in [0.717, 1.165) is 25.7 Å². The van der Waals surface area contributed by atoms with Crippen LogP contribution in [0.5, 0.6) is 5.75 Å². The molecule has 1 aliphatic rings. The number of halogens is 1. The van der Waals surface area contributed by atoms with E-state index in [1.54, 1.807) is 35.9 Å². The lowest BCUT2D eigenvalue weighted by atomic mass is 9.96. The molecule has 2 heterocycles. The fourth-order valence-electron chi connectivity index (χ4n) is 3.96. The summed E-state index contributed by atoms with van der Waals surface area (Å²) in [4.78, 5) is 31.5. The van der Waals surface area contributed by atoms with Gasteiger partial charge in [-0.3, -0.25) is 14.3 Å². The number of fused-ring (bicyclic) bond motifs is 1. The molecule has 0 bridgehead atoms. The summed E-state index contributed by atoms with van der Waals surface area (Å²) in [5.74, 6) is 0.935. The van der Waals surface area contributed by atoms with Gasteiger partial charge in [0.1, 0.15) is 18.5 Å². The number of aliphatic hydroxyl groups excluding tert-OH is 1. The number of hydrogen-bond acceptors (Lipinski definition) is 6. The lowest BCUT2D eigenvalue weighted by Crippen LogP contribution is -2.31. The molecular weight excluding hydrogens is 422 g/mol. The molecule has 1 atom stereocenters. The Morgan fingerprint density at radius 2 is 2.03 bits per heavy atom. The summed E-state index contributed by atoms with van der Waals surface area (Å²) in [7, 11) is 1.55. The Hall–Kier alpha value is -2.78. The van der Waals surface area contributed by atoms with Gasteiger partial charge in [-0.2, -0.15) is 4.98 Å². The molecule has 1 saturated carbocycles. The van der Waals surface area contributed by atoms with Gasteiger partial charge in [0.05, 0.1) is 11.6 Å². The standard InChI is InChI=1S/C21H26ClN5O4/c1-26-18-17(19(29)25-21(26)30)27(20(24-18)23-13-7-3-2-4-8-13)11-14(28)12-31-16-10-6-5-9-15(16)22/h5-6,9-10,13-14,28H,2-4,7-8,11-12H2,1H3,(H,23,24)(H,25,29,30)/t14-/m1/s1. The first-order valence-electron chi connectivity index (χ1n) is 10.5. The van der Waals surface area contributed by atoms with Gasteiger partial charge in [0.15, 0.2) is 11.2 Å². The molecule has 1 aliphatic carbocycles. The Balaban J connectivity index is 1.63. The van der Waals surface area contributed by atoms with Crippen molar-refractivity contribution in [2.75, 3.05) is 11.9 Å². The molecule has 31 heavy (non-hydrogen) atoms. The van der Waals surface area contributed by atoms with E-state index in [1.165, 1.54) is 11.0 Å². The van der Waals surface area contributed by atoms with Crippen LogP contribution < -0.4 is 21.3 Å². The average Bonchev–Trinajstić information content (AvgIpc) is 3.10. The molecule has 4 rings (SSSR count). The van der Waals surface area contributed by atoms with Crippen molar-refractivity contribution < 1.29 is 9.84 Å². The van der Waals surface area contributed by atoms with Crippen molar-refractivity contribution in [1.82, 2.24) is 19.1 Å². The minimum absolute atomic E-state index is 0.0179. The molecular formula is C21H26ClN5O4. The number of hydrogen-bond donors (Lipinski definition) is 3. The predicted molar refractivity (Wildman–Crippen MR) is 119 cm³/mol. The summed E-state index contributed by atoms with van der Waals surface area (Å²) < 4.78 is 8.57. The first kappa shape index (κ1) is 21.5. The molecule has 0 saturated heterocycles. The van der Waals surface area contributed by atoms with Crippen molar-refractivity contribution in [3.05, 3.63) is 50.1 Å². The molecule has 0 radical (unpaired) electrons. The number of nitrogens with zero attached hydrogens (tertiary/aromatic N) is 3. The highest BCUT2D eigenvalue weighted by Gasteiger charge is 2.22. The highest BCUT2D eigenvalue weighted by molar-refractivity contribution is 6.32. The predicted octanol–water partition coefficient (Wildman–Crippen LogP) is 2.26. The highest BCUT2D eigenvalue weighted by Crippen LogP contribution is 2.25. The van der Waals surface area contributed by atoms with Crippen molar-refractivity contribution in [2.45, 2.75) is 50.8 Å². The molecule has 2 aromatic heterocycles. The molecule has 0 aliphatic heterocycles. The second kappa shape index (κ2) is 9.15. The first-order valence-corrected chi connectivity index (χ1v) is 10.8. The lowest BCUT2D eigenvalue weighted by Gasteiger charge is -2.24. The van der Waals surface area contributed by atoms with Crippen LogP contribution in [-0.2, 0) is 13.6 Å². The van der Waals surface area contributed by atoms with Gasteiger partial charge in [-0.25, -0.2) is 4.79 Å². The van der Waals surface area contributed by atoms with Crippen LogP contribution in [0.2, 0.25) is 5.02 Å². The number of imidazole rings is 1. The number of ether oxygens (including phenoxy) is 1. The third-order valence-electron chi connectivity index (χ3n) is 5.61. The Morgan fingerprint density at radius 1 is 1.29 bits per heavy atom.